The molecule has 3 aromatic rings. The highest BCUT2D eigenvalue weighted by molar-refractivity contribution is 5.94. The van der Waals surface area contributed by atoms with E-state index in [4.69, 9.17) is 4.74 Å². The summed E-state index contributed by atoms with van der Waals surface area (Å²) in [6.07, 6.45) is 1.58. The summed E-state index contributed by atoms with van der Waals surface area (Å²) in [7, 11) is 0. The van der Waals surface area contributed by atoms with Gasteiger partial charge in [0.05, 0.1) is 12.3 Å². The van der Waals surface area contributed by atoms with E-state index in [1.807, 2.05) is 30.3 Å². The number of amides is 1. The van der Waals surface area contributed by atoms with Crippen LogP contribution in [0.5, 0.6) is 0 Å². The number of rotatable bonds is 7. The molecule has 144 valence electrons. The third kappa shape index (κ3) is 4.82. The summed E-state index contributed by atoms with van der Waals surface area (Å²) in [4.78, 5) is 26.3. The number of esters is 1. The number of carbonyl (C=O) groups is 2. The molecule has 2 aromatic carbocycles. The number of ether oxygens (including phenoxy) is 1. The minimum atomic E-state index is -0.489. The zero-order valence-corrected chi connectivity index (χ0v) is 15.4. The Labute approximate surface area is 162 Å². The summed E-state index contributed by atoms with van der Waals surface area (Å²) in [5.41, 5.74) is 1.54. The van der Waals surface area contributed by atoms with Crippen LogP contribution in [0.1, 0.15) is 23.0 Å². The molecule has 0 bridgehead atoms. The molecular weight excluding hydrogens is 361 g/mol. The van der Waals surface area contributed by atoms with Crippen LogP contribution < -0.4 is 0 Å². The summed E-state index contributed by atoms with van der Waals surface area (Å²) in [6.45, 7) is 2.00. The van der Waals surface area contributed by atoms with Gasteiger partial charge >= 0.3 is 5.97 Å². The van der Waals surface area contributed by atoms with Crippen LogP contribution >= 0.6 is 0 Å². The van der Waals surface area contributed by atoms with Crippen molar-refractivity contribution >= 4 is 11.9 Å². The maximum atomic E-state index is 13.4. The van der Waals surface area contributed by atoms with Crippen molar-refractivity contribution in [3.63, 3.8) is 0 Å². The van der Waals surface area contributed by atoms with Gasteiger partial charge in [0.15, 0.2) is 5.69 Å². The molecule has 0 spiro atoms. The van der Waals surface area contributed by atoms with Gasteiger partial charge in [0.1, 0.15) is 12.4 Å². The first-order chi connectivity index (χ1) is 13.6. The first-order valence-corrected chi connectivity index (χ1v) is 8.87. The van der Waals surface area contributed by atoms with E-state index in [9.17, 15) is 14.0 Å². The molecule has 1 aromatic heterocycles. The fourth-order valence-corrected chi connectivity index (χ4v) is 2.73. The Kier molecular flexibility index (Phi) is 6.16. The first-order valence-electron chi connectivity index (χ1n) is 8.87. The quantitative estimate of drug-likeness (QED) is 0.590. The molecule has 0 aliphatic heterocycles. The molecule has 0 N–H and O–H groups in total. The van der Waals surface area contributed by atoms with Gasteiger partial charge in [-0.25, -0.2) is 9.07 Å². The summed E-state index contributed by atoms with van der Waals surface area (Å²) >= 11 is 0. The largest absolute Gasteiger partial charge is 0.465 e. The van der Waals surface area contributed by atoms with Gasteiger partial charge in [-0.05, 0) is 36.8 Å². The maximum Gasteiger partial charge on any atom is 0.325 e. The molecule has 0 atom stereocenters. The predicted molar refractivity (Wildman–Crippen MR) is 101 cm³/mol. The van der Waals surface area contributed by atoms with E-state index in [0.717, 1.165) is 5.56 Å². The zero-order chi connectivity index (χ0) is 19.9. The minimum Gasteiger partial charge on any atom is -0.465 e. The maximum absolute atomic E-state index is 13.4. The molecule has 0 aliphatic carbocycles. The van der Waals surface area contributed by atoms with E-state index in [2.05, 4.69) is 5.10 Å². The van der Waals surface area contributed by atoms with Crippen molar-refractivity contribution in [3.05, 3.63) is 83.9 Å². The molecule has 0 unspecified atom stereocenters. The van der Waals surface area contributed by atoms with Gasteiger partial charge in [-0.15, -0.1) is 0 Å². The average molecular weight is 381 g/mol. The SMILES string of the molecule is CCOC(=O)CN(Cc1ccccc1)C(=O)c1ccn(-c2cccc(F)c2)n1. The highest BCUT2D eigenvalue weighted by Gasteiger charge is 2.22. The third-order valence-corrected chi connectivity index (χ3v) is 4.01. The van der Waals surface area contributed by atoms with Gasteiger partial charge in [0, 0.05) is 12.7 Å². The fourth-order valence-electron chi connectivity index (χ4n) is 2.73. The monoisotopic (exact) mass is 381 g/mol. The molecule has 7 heteroatoms. The van der Waals surface area contributed by atoms with Crippen LogP contribution in [0, 0.1) is 5.82 Å². The summed E-state index contributed by atoms with van der Waals surface area (Å²) in [5, 5.41) is 4.24. The number of nitrogens with zero attached hydrogens (tertiary/aromatic N) is 3. The van der Waals surface area contributed by atoms with Crippen molar-refractivity contribution in [1.82, 2.24) is 14.7 Å². The van der Waals surface area contributed by atoms with Crippen LogP contribution in [0.2, 0.25) is 0 Å². The molecule has 0 radical (unpaired) electrons. The summed E-state index contributed by atoms with van der Waals surface area (Å²) in [5.74, 6) is -1.29. The van der Waals surface area contributed by atoms with Crippen LogP contribution in [-0.2, 0) is 16.1 Å². The standard InChI is InChI=1S/C21H20FN3O3/c1-2-28-20(26)15-24(14-16-7-4-3-5-8-16)21(27)19-11-12-25(23-19)18-10-6-9-17(22)13-18/h3-13H,2,14-15H2,1H3. The molecular formula is C21H20FN3O3. The second-order valence-electron chi connectivity index (χ2n) is 6.08. The zero-order valence-electron chi connectivity index (χ0n) is 15.4. The number of hydrogen-bond donors (Lipinski definition) is 0. The smallest absolute Gasteiger partial charge is 0.325 e. The molecule has 0 saturated heterocycles. The van der Waals surface area contributed by atoms with Gasteiger partial charge in [-0.1, -0.05) is 36.4 Å². The molecule has 0 aliphatic rings. The van der Waals surface area contributed by atoms with E-state index in [-0.39, 0.29) is 25.4 Å². The third-order valence-electron chi connectivity index (χ3n) is 4.01. The van der Waals surface area contributed by atoms with E-state index in [1.165, 1.54) is 27.8 Å². The second-order valence-corrected chi connectivity index (χ2v) is 6.08. The van der Waals surface area contributed by atoms with Gasteiger partial charge in [0.2, 0.25) is 0 Å². The van der Waals surface area contributed by atoms with Gasteiger partial charge in [-0.2, -0.15) is 5.10 Å². The van der Waals surface area contributed by atoms with Crippen LogP contribution in [0.3, 0.4) is 0 Å². The van der Waals surface area contributed by atoms with Crippen LogP contribution in [-0.4, -0.2) is 39.7 Å². The normalized spacial score (nSPS) is 10.5. The Morgan fingerprint density at radius 3 is 2.61 bits per heavy atom. The highest BCUT2D eigenvalue weighted by atomic mass is 19.1. The molecule has 0 saturated carbocycles. The Bertz CT molecular complexity index is 956. The van der Waals surface area contributed by atoms with Crippen molar-refractivity contribution in [3.8, 4) is 5.69 Å². The predicted octanol–water partition coefficient (Wildman–Crippen LogP) is 3.22. The van der Waals surface area contributed by atoms with Gasteiger partial charge < -0.3 is 9.64 Å². The number of benzene rings is 2. The van der Waals surface area contributed by atoms with Crippen LogP contribution in [0.25, 0.3) is 5.69 Å². The van der Waals surface area contributed by atoms with Crippen molar-refractivity contribution in [2.75, 3.05) is 13.2 Å². The molecule has 0 fully saturated rings. The molecule has 1 amide bonds. The second kappa shape index (κ2) is 8.94. The highest BCUT2D eigenvalue weighted by Crippen LogP contribution is 2.13. The lowest BCUT2D eigenvalue weighted by Gasteiger charge is -2.21. The van der Waals surface area contributed by atoms with Crippen molar-refractivity contribution < 1.29 is 18.7 Å². The Balaban J connectivity index is 1.83. The molecule has 6 nitrogen and oxygen atoms in total. The Morgan fingerprint density at radius 2 is 1.89 bits per heavy atom. The number of hydrogen-bond acceptors (Lipinski definition) is 4. The summed E-state index contributed by atoms with van der Waals surface area (Å²) in [6, 6.07) is 16.8. The Morgan fingerprint density at radius 1 is 1.11 bits per heavy atom. The van der Waals surface area contributed by atoms with Gasteiger partial charge in [-0.3, -0.25) is 9.59 Å². The lowest BCUT2D eigenvalue weighted by molar-refractivity contribution is -0.143. The lowest BCUT2D eigenvalue weighted by Crippen LogP contribution is -2.36. The van der Waals surface area contributed by atoms with E-state index < -0.39 is 17.7 Å². The van der Waals surface area contributed by atoms with E-state index in [0.29, 0.717) is 5.69 Å². The van der Waals surface area contributed by atoms with Gasteiger partial charge in [0.25, 0.3) is 5.91 Å². The Hall–Kier alpha value is -3.48. The van der Waals surface area contributed by atoms with Crippen LogP contribution in [0.4, 0.5) is 4.39 Å². The molecule has 3 rings (SSSR count). The summed E-state index contributed by atoms with van der Waals surface area (Å²) < 4.78 is 19.8. The van der Waals surface area contributed by atoms with Crippen LogP contribution in [0.15, 0.2) is 66.9 Å². The average Bonchev–Trinajstić information content (AvgIpc) is 3.18. The minimum absolute atomic E-state index is 0.157. The van der Waals surface area contributed by atoms with Crippen molar-refractivity contribution in [2.45, 2.75) is 13.5 Å². The number of carbonyl (C=O) groups excluding carboxylic acids is 2. The fraction of sp³-hybridized carbons (Fsp3) is 0.190. The number of aromatic nitrogens is 2. The molecule has 28 heavy (non-hydrogen) atoms. The lowest BCUT2D eigenvalue weighted by atomic mass is 10.2. The van der Waals surface area contributed by atoms with Crippen molar-refractivity contribution in [1.29, 1.82) is 0 Å². The van der Waals surface area contributed by atoms with E-state index >= 15 is 0 Å². The molecule has 1 heterocycles. The van der Waals surface area contributed by atoms with E-state index in [1.54, 1.807) is 25.3 Å². The number of halogens is 1. The topological polar surface area (TPSA) is 64.4 Å². The van der Waals surface area contributed by atoms with Crippen molar-refractivity contribution in [2.24, 2.45) is 0 Å². The first kappa shape index (κ1) is 19.3.